The first-order valence-corrected chi connectivity index (χ1v) is 10.2. The van der Waals surface area contributed by atoms with Crippen molar-refractivity contribution in [2.24, 2.45) is 0 Å². The van der Waals surface area contributed by atoms with E-state index >= 15 is 0 Å². The summed E-state index contributed by atoms with van der Waals surface area (Å²) in [5.74, 6) is 0.927. The lowest BCUT2D eigenvalue weighted by atomic mass is 10.2. The number of anilines is 2. The molecule has 8 heteroatoms. The van der Waals surface area contributed by atoms with Gasteiger partial charge < -0.3 is 15.0 Å². The number of nitrogens with zero attached hydrogens (tertiary/aromatic N) is 3. The molecule has 1 amide bonds. The molecule has 0 spiro atoms. The molecular formula is C18H26N4O2S2. The van der Waals surface area contributed by atoms with Crippen LogP contribution in [0.2, 0.25) is 0 Å². The largest absolute Gasteiger partial charge is 0.497 e. The maximum atomic E-state index is 12.7. The lowest BCUT2D eigenvalue weighted by Gasteiger charge is -2.32. The number of amides is 1. The van der Waals surface area contributed by atoms with E-state index in [0.717, 1.165) is 15.8 Å². The van der Waals surface area contributed by atoms with Crippen molar-refractivity contribution < 1.29 is 9.53 Å². The van der Waals surface area contributed by atoms with Crippen molar-refractivity contribution in [2.45, 2.75) is 56.3 Å². The third-order valence-electron chi connectivity index (χ3n) is 3.74. The molecule has 0 aliphatic heterocycles. The topological polar surface area (TPSA) is 67.3 Å². The van der Waals surface area contributed by atoms with Crippen molar-refractivity contribution >= 4 is 39.8 Å². The van der Waals surface area contributed by atoms with Crippen LogP contribution in [-0.4, -0.2) is 45.4 Å². The minimum atomic E-state index is -0.207. The average Bonchev–Trinajstić information content (AvgIpc) is 3.01. The van der Waals surface area contributed by atoms with Crippen LogP contribution >= 0.6 is 23.1 Å². The highest BCUT2D eigenvalue weighted by Crippen LogP contribution is 2.31. The second-order valence-electron chi connectivity index (χ2n) is 6.42. The smallest absolute Gasteiger partial charge is 0.236 e. The number of ether oxygens (including phenoxy) is 1. The Kier molecular flexibility index (Phi) is 7.28. The van der Waals surface area contributed by atoms with Gasteiger partial charge >= 0.3 is 0 Å². The van der Waals surface area contributed by atoms with Crippen molar-refractivity contribution in [1.82, 2.24) is 15.1 Å². The molecule has 0 aliphatic carbocycles. The average molecular weight is 395 g/mol. The molecular weight excluding hydrogens is 368 g/mol. The molecule has 1 N–H and O–H groups in total. The van der Waals surface area contributed by atoms with E-state index in [4.69, 9.17) is 4.74 Å². The summed E-state index contributed by atoms with van der Waals surface area (Å²) in [4.78, 5) is 14.6. The third kappa shape index (κ3) is 5.35. The number of benzene rings is 1. The molecule has 1 aromatic heterocycles. The van der Waals surface area contributed by atoms with E-state index < -0.39 is 0 Å². The SMILES string of the molecule is COc1ccc(Nc2nnc(SC(C)C(=O)N(C(C)C)C(C)C)s2)cc1. The molecule has 1 aromatic carbocycles. The van der Waals surface area contributed by atoms with E-state index in [9.17, 15) is 4.79 Å². The van der Waals surface area contributed by atoms with Gasteiger partial charge in [-0.25, -0.2) is 0 Å². The van der Waals surface area contributed by atoms with Crippen LogP contribution in [0.25, 0.3) is 0 Å². The number of aromatic nitrogens is 2. The number of carbonyl (C=O) groups excluding carboxylic acids is 1. The zero-order valence-corrected chi connectivity index (χ0v) is 17.6. The van der Waals surface area contributed by atoms with Crippen LogP contribution < -0.4 is 10.1 Å². The van der Waals surface area contributed by atoms with E-state index in [2.05, 4.69) is 15.5 Å². The predicted octanol–water partition coefficient (Wildman–Crippen LogP) is 4.42. The van der Waals surface area contributed by atoms with Crippen LogP contribution in [0, 0.1) is 0 Å². The Morgan fingerprint density at radius 2 is 1.73 bits per heavy atom. The quantitative estimate of drug-likeness (QED) is 0.669. The minimum Gasteiger partial charge on any atom is -0.497 e. The number of methoxy groups -OCH3 is 1. The molecule has 2 aromatic rings. The fourth-order valence-electron chi connectivity index (χ4n) is 2.62. The summed E-state index contributed by atoms with van der Waals surface area (Å²) in [7, 11) is 1.64. The van der Waals surface area contributed by atoms with Gasteiger partial charge in [0.15, 0.2) is 4.34 Å². The third-order valence-corrected chi connectivity index (χ3v) is 5.75. The molecule has 1 heterocycles. The minimum absolute atomic E-state index is 0.125. The maximum absolute atomic E-state index is 12.7. The first-order valence-electron chi connectivity index (χ1n) is 8.55. The van der Waals surface area contributed by atoms with Crippen molar-refractivity contribution in [3.63, 3.8) is 0 Å². The van der Waals surface area contributed by atoms with Crippen LogP contribution in [0.3, 0.4) is 0 Å². The maximum Gasteiger partial charge on any atom is 0.236 e. The Hall–Kier alpha value is -1.80. The van der Waals surface area contributed by atoms with Crippen LogP contribution in [0.5, 0.6) is 5.75 Å². The van der Waals surface area contributed by atoms with Gasteiger partial charge in [0, 0.05) is 17.8 Å². The Balaban J connectivity index is 1.99. The summed E-state index contributed by atoms with van der Waals surface area (Å²) in [6, 6.07) is 7.95. The van der Waals surface area contributed by atoms with Gasteiger partial charge in [0.1, 0.15) is 5.75 Å². The molecule has 142 valence electrons. The van der Waals surface area contributed by atoms with E-state index in [1.165, 1.54) is 23.1 Å². The van der Waals surface area contributed by atoms with Crippen molar-refractivity contribution in [1.29, 1.82) is 0 Å². The van der Waals surface area contributed by atoms with E-state index in [1.807, 2.05) is 63.8 Å². The number of thioether (sulfide) groups is 1. The second kappa shape index (κ2) is 9.23. The number of hydrogen-bond acceptors (Lipinski definition) is 7. The normalized spacial score (nSPS) is 12.3. The van der Waals surface area contributed by atoms with Gasteiger partial charge in [-0.1, -0.05) is 23.1 Å². The fraction of sp³-hybridized carbons (Fsp3) is 0.500. The first-order chi connectivity index (χ1) is 12.3. The summed E-state index contributed by atoms with van der Waals surface area (Å²) in [6.07, 6.45) is 0. The molecule has 0 radical (unpaired) electrons. The van der Waals surface area contributed by atoms with Crippen LogP contribution in [-0.2, 0) is 4.79 Å². The first kappa shape index (κ1) is 20.5. The number of rotatable bonds is 8. The monoisotopic (exact) mass is 394 g/mol. The van der Waals surface area contributed by atoms with Gasteiger partial charge in [0.25, 0.3) is 0 Å². The van der Waals surface area contributed by atoms with E-state index in [0.29, 0.717) is 5.13 Å². The summed E-state index contributed by atoms with van der Waals surface area (Å²) in [5.41, 5.74) is 0.911. The molecule has 0 aliphatic rings. The molecule has 0 saturated carbocycles. The molecule has 0 bridgehead atoms. The van der Waals surface area contributed by atoms with Crippen LogP contribution in [0.4, 0.5) is 10.8 Å². The predicted molar refractivity (Wildman–Crippen MR) is 109 cm³/mol. The standard InChI is InChI=1S/C18H26N4O2S2/c1-11(2)22(12(3)4)16(23)13(5)25-18-21-20-17(26-18)19-14-7-9-15(24-6)10-8-14/h7-13H,1-6H3,(H,19,20). The summed E-state index contributed by atoms with van der Waals surface area (Å²) < 4.78 is 5.92. The summed E-state index contributed by atoms with van der Waals surface area (Å²) in [5, 5.41) is 12.1. The summed E-state index contributed by atoms with van der Waals surface area (Å²) >= 11 is 2.89. The number of nitrogens with one attached hydrogen (secondary N) is 1. The fourth-order valence-corrected chi connectivity index (χ4v) is 4.60. The Labute approximate surface area is 163 Å². The molecule has 1 unspecified atom stereocenters. The highest BCUT2D eigenvalue weighted by molar-refractivity contribution is 8.02. The van der Waals surface area contributed by atoms with E-state index in [1.54, 1.807) is 7.11 Å². The zero-order valence-electron chi connectivity index (χ0n) is 16.0. The van der Waals surface area contributed by atoms with Crippen molar-refractivity contribution in [2.75, 3.05) is 12.4 Å². The second-order valence-corrected chi connectivity index (χ2v) is 8.99. The molecule has 0 saturated heterocycles. The van der Waals surface area contributed by atoms with Crippen LogP contribution in [0.1, 0.15) is 34.6 Å². The van der Waals surface area contributed by atoms with Crippen molar-refractivity contribution in [3.05, 3.63) is 24.3 Å². The van der Waals surface area contributed by atoms with E-state index in [-0.39, 0.29) is 23.2 Å². The van der Waals surface area contributed by atoms with Crippen molar-refractivity contribution in [3.8, 4) is 5.75 Å². The molecule has 1 atom stereocenters. The van der Waals surface area contributed by atoms with Gasteiger partial charge in [-0.3, -0.25) is 4.79 Å². The molecule has 26 heavy (non-hydrogen) atoms. The molecule has 6 nitrogen and oxygen atoms in total. The molecule has 2 rings (SSSR count). The number of carbonyl (C=O) groups is 1. The molecule has 0 fully saturated rings. The van der Waals surface area contributed by atoms with Gasteiger partial charge in [-0.15, -0.1) is 10.2 Å². The lowest BCUT2D eigenvalue weighted by molar-refractivity contribution is -0.133. The Morgan fingerprint density at radius 3 is 2.27 bits per heavy atom. The lowest BCUT2D eigenvalue weighted by Crippen LogP contribution is -2.45. The Bertz CT molecular complexity index is 708. The highest BCUT2D eigenvalue weighted by atomic mass is 32.2. The van der Waals surface area contributed by atoms with Gasteiger partial charge in [0.05, 0.1) is 12.4 Å². The van der Waals surface area contributed by atoms with Crippen LogP contribution in [0.15, 0.2) is 28.6 Å². The number of hydrogen-bond donors (Lipinski definition) is 1. The van der Waals surface area contributed by atoms with Gasteiger partial charge in [-0.2, -0.15) is 0 Å². The van der Waals surface area contributed by atoms with Gasteiger partial charge in [0.2, 0.25) is 11.0 Å². The summed E-state index contributed by atoms with van der Waals surface area (Å²) in [6.45, 7) is 10.1. The van der Waals surface area contributed by atoms with Gasteiger partial charge in [-0.05, 0) is 58.9 Å². The zero-order chi connectivity index (χ0) is 19.3. The highest BCUT2D eigenvalue weighted by Gasteiger charge is 2.26. The Morgan fingerprint density at radius 1 is 1.12 bits per heavy atom.